The molecule has 1 N–H and O–H groups in total. The highest BCUT2D eigenvalue weighted by Crippen LogP contribution is 2.09. The highest BCUT2D eigenvalue weighted by atomic mass is 16.3. The fourth-order valence-electron chi connectivity index (χ4n) is 1.22. The monoisotopic (exact) mass is 161 g/mol. The minimum absolute atomic E-state index is 0.111. The third kappa shape index (κ3) is 1.19. The number of benzene rings is 1. The Bertz CT molecular complexity index is 348. The molecule has 0 amide bonds. The van der Waals surface area contributed by atoms with E-state index in [4.69, 9.17) is 0 Å². The summed E-state index contributed by atoms with van der Waals surface area (Å²) in [6.45, 7) is -0.111. The summed E-state index contributed by atoms with van der Waals surface area (Å²) in [4.78, 5) is 7.33. The summed E-state index contributed by atoms with van der Waals surface area (Å²) in [7, 11) is 0. The molecule has 1 radical (unpaired) electrons. The molecule has 0 atom stereocenters. The lowest BCUT2D eigenvalue weighted by Gasteiger charge is -1.85. The standard InChI is InChI=1S/C9H9N2O/c12-6-5-9-10-7-3-1-2-4-8(7)11-9/h1-4H,5-6H2,(H,10,11). The first-order valence-electron chi connectivity index (χ1n) is 3.92. The van der Waals surface area contributed by atoms with E-state index in [0.29, 0.717) is 6.42 Å². The largest absolute Gasteiger partial charge is 0.342 e. The first kappa shape index (κ1) is 7.31. The molecule has 3 nitrogen and oxygen atoms in total. The molecule has 0 saturated carbocycles. The second-order valence-electron chi connectivity index (χ2n) is 2.65. The number of H-pyrrole nitrogens is 1. The van der Waals surface area contributed by atoms with E-state index in [1.807, 2.05) is 24.3 Å². The van der Waals surface area contributed by atoms with E-state index in [0.717, 1.165) is 16.9 Å². The van der Waals surface area contributed by atoms with Crippen LogP contribution in [0.2, 0.25) is 0 Å². The molecule has 0 aliphatic carbocycles. The van der Waals surface area contributed by atoms with Crippen LogP contribution in [0.25, 0.3) is 11.0 Å². The third-order valence-corrected chi connectivity index (χ3v) is 1.78. The maximum absolute atomic E-state index is 10.3. The van der Waals surface area contributed by atoms with E-state index in [-0.39, 0.29) is 6.61 Å². The van der Waals surface area contributed by atoms with Gasteiger partial charge in [0.1, 0.15) is 5.82 Å². The molecule has 61 valence electrons. The molecule has 0 saturated heterocycles. The Hall–Kier alpha value is -1.35. The Morgan fingerprint density at radius 1 is 1.33 bits per heavy atom. The van der Waals surface area contributed by atoms with Gasteiger partial charge in [0.05, 0.1) is 17.6 Å². The quantitative estimate of drug-likeness (QED) is 0.713. The van der Waals surface area contributed by atoms with Gasteiger partial charge in [0.25, 0.3) is 0 Å². The average Bonchev–Trinajstić information content (AvgIpc) is 2.47. The van der Waals surface area contributed by atoms with Crippen LogP contribution in [0.1, 0.15) is 5.82 Å². The smallest absolute Gasteiger partial charge is 0.109 e. The van der Waals surface area contributed by atoms with Crippen molar-refractivity contribution in [2.75, 3.05) is 6.61 Å². The van der Waals surface area contributed by atoms with Crippen molar-refractivity contribution in [2.45, 2.75) is 6.42 Å². The van der Waals surface area contributed by atoms with Crippen LogP contribution in [0.4, 0.5) is 0 Å². The van der Waals surface area contributed by atoms with Gasteiger partial charge < -0.3 is 4.98 Å². The van der Waals surface area contributed by atoms with Crippen LogP contribution in [-0.4, -0.2) is 16.6 Å². The lowest BCUT2D eigenvalue weighted by atomic mass is 10.3. The molecule has 0 spiro atoms. The fraction of sp³-hybridized carbons (Fsp3) is 0.222. The Labute approximate surface area is 70.1 Å². The summed E-state index contributed by atoms with van der Waals surface area (Å²) in [5.74, 6) is 0.784. The van der Waals surface area contributed by atoms with Crippen LogP contribution in [0, 0.1) is 0 Å². The van der Waals surface area contributed by atoms with Crippen LogP contribution >= 0.6 is 0 Å². The zero-order chi connectivity index (χ0) is 8.39. The van der Waals surface area contributed by atoms with Crippen molar-refractivity contribution < 1.29 is 5.11 Å². The maximum Gasteiger partial charge on any atom is 0.109 e. The van der Waals surface area contributed by atoms with Gasteiger partial charge in [-0.2, -0.15) is 0 Å². The predicted molar refractivity (Wildman–Crippen MR) is 45.4 cm³/mol. The molecule has 0 unspecified atom stereocenters. The Morgan fingerprint density at radius 2 is 2.17 bits per heavy atom. The number of aromatic nitrogens is 2. The van der Waals surface area contributed by atoms with Crippen LogP contribution in [-0.2, 0) is 11.5 Å². The zero-order valence-corrected chi connectivity index (χ0v) is 6.58. The lowest BCUT2D eigenvalue weighted by molar-refractivity contribution is 0.195. The number of hydrogen-bond donors (Lipinski definition) is 1. The van der Waals surface area contributed by atoms with Gasteiger partial charge in [-0.25, -0.2) is 10.1 Å². The summed E-state index contributed by atoms with van der Waals surface area (Å²) in [5, 5.41) is 10.3. The molecule has 12 heavy (non-hydrogen) atoms. The summed E-state index contributed by atoms with van der Waals surface area (Å²) in [6.07, 6.45) is 0.481. The second-order valence-corrected chi connectivity index (χ2v) is 2.65. The maximum atomic E-state index is 10.3. The molecule has 1 aromatic carbocycles. The Balaban J connectivity index is 2.47. The number of para-hydroxylation sites is 2. The molecular formula is C9H9N2O. The molecule has 0 aliphatic rings. The van der Waals surface area contributed by atoms with Crippen molar-refractivity contribution in [3.63, 3.8) is 0 Å². The number of imidazole rings is 1. The first-order valence-corrected chi connectivity index (χ1v) is 3.92. The van der Waals surface area contributed by atoms with Gasteiger partial charge in [-0.3, -0.25) is 0 Å². The number of nitrogens with one attached hydrogen (secondary N) is 1. The van der Waals surface area contributed by atoms with Gasteiger partial charge in [0.15, 0.2) is 0 Å². The van der Waals surface area contributed by atoms with Gasteiger partial charge in [0.2, 0.25) is 0 Å². The molecule has 0 fully saturated rings. The highest BCUT2D eigenvalue weighted by molar-refractivity contribution is 5.74. The molecular weight excluding hydrogens is 152 g/mol. The minimum Gasteiger partial charge on any atom is -0.342 e. The summed E-state index contributed by atoms with van der Waals surface area (Å²) < 4.78 is 0. The molecule has 0 bridgehead atoms. The highest BCUT2D eigenvalue weighted by Gasteiger charge is 1.99. The van der Waals surface area contributed by atoms with Gasteiger partial charge in [-0.15, -0.1) is 0 Å². The van der Waals surface area contributed by atoms with E-state index in [9.17, 15) is 5.11 Å². The van der Waals surface area contributed by atoms with E-state index in [1.54, 1.807) is 0 Å². The minimum atomic E-state index is -0.111. The summed E-state index contributed by atoms with van der Waals surface area (Å²) in [5.41, 5.74) is 1.93. The topological polar surface area (TPSA) is 48.6 Å². The summed E-state index contributed by atoms with van der Waals surface area (Å²) in [6, 6.07) is 7.77. The van der Waals surface area contributed by atoms with Gasteiger partial charge in [-0.05, 0) is 12.1 Å². The molecule has 0 aliphatic heterocycles. The Morgan fingerprint density at radius 3 is 2.92 bits per heavy atom. The predicted octanol–water partition coefficient (Wildman–Crippen LogP) is 1.54. The zero-order valence-electron chi connectivity index (χ0n) is 6.58. The van der Waals surface area contributed by atoms with Crippen molar-refractivity contribution in [2.24, 2.45) is 0 Å². The molecule has 1 heterocycles. The SMILES string of the molecule is [O]CCc1nc2ccccc2[nH]1. The van der Waals surface area contributed by atoms with E-state index >= 15 is 0 Å². The van der Waals surface area contributed by atoms with Gasteiger partial charge in [0, 0.05) is 6.42 Å². The van der Waals surface area contributed by atoms with Crippen molar-refractivity contribution in [3.05, 3.63) is 30.1 Å². The number of aromatic amines is 1. The summed E-state index contributed by atoms with van der Waals surface area (Å²) >= 11 is 0. The van der Waals surface area contributed by atoms with Gasteiger partial charge >= 0.3 is 0 Å². The van der Waals surface area contributed by atoms with Crippen LogP contribution < -0.4 is 0 Å². The number of rotatable bonds is 2. The van der Waals surface area contributed by atoms with E-state index in [1.165, 1.54) is 0 Å². The second kappa shape index (κ2) is 2.95. The van der Waals surface area contributed by atoms with Crippen LogP contribution in [0.15, 0.2) is 24.3 Å². The van der Waals surface area contributed by atoms with E-state index < -0.39 is 0 Å². The molecule has 1 aromatic heterocycles. The third-order valence-electron chi connectivity index (χ3n) is 1.78. The van der Waals surface area contributed by atoms with Crippen molar-refractivity contribution >= 4 is 11.0 Å². The fourth-order valence-corrected chi connectivity index (χ4v) is 1.22. The lowest BCUT2D eigenvalue weighted by Crippen LogP contribution is -1.90. The Kier molecular flexibility index (Phi) is 1.80. The van der Waals surface area contributed by atoms with Crippen LogP contribution in [0.5, 0.6) is 0 Å². The number of nitrogens with zero attached hydrogens (tertiary/aromatic N) is 1. The molecule has 2 aromatic rings. The van der Waals surface area contributed by atoms with Crippen molar-refractivity contribution in [1.82, 2.24) is 9.97 Å². The molecule has 3 heteroatoms. The first-order chi connectivity index (χ1) is 5.90. The van der Waals surface area contributed by atoms with Crippen molar-refractivity contribution in [3.8, 4) is 0 Å². The van der Waals surface area contributed by atoms with E-state index in [2.05, 4.69) is 9.97 Å². The normalized spacial score (nSPS) is 10.8. The number of fused-ring (bicyclic) bond motifs is 1. The van der Waals surface area contributed by atoms with Gasteiger partial charge in [-0.1, -0.05) is 12.1 Å². The molecule has 2 rings (SSSR count). The number of hydrogen-bond acceptors (Lipinski definition) is 1. The van der Waals surface area contributed by atoms with Crippen LogP contribution in [0.3, 0.4) is 0 Å². The average molecular weight is 161 g/mol. The van der Waals surface area contributed by atoms with Crippen molar-refractivity contribution in [1.29, 1.82) is 0 Å².